The summed E-state index contributed by atoms with van der Waals surface area (Å²) in [5, 5.41) is 3.11. The molecule has 4 heteroatoms. The molecule has 1 aliphatic carbocycles. The molecule has 112 valence electrons. The first-order chi connectivity index (χ1) is 9.18. The van der Waals surface area contributed by atoms with Crippen LogP contribution in [0, 0.1) is 0 Å². The van der Waals surface area contributed by atoms with Crippen LogP contribution < -0.4 is 5.32 Å². The van der Waals surface area contributed by atoms with Crippen LogP contribution in [0.2, 0.25) is 0 Å². The highest BCUT2D eigenvalue weighted by molar-refractivity contribution is 5.87. The fourth-order valence-electron chi connectivity index (χ4n) is 2.96. The largest absolute Gasteiger partial charge is 0.352 e. The summed E-state index contributed by atoms with van der Waals surface area (Å²) in [5.41, 5.74) is 0. The van der Waals surface area contributed by atoms with E-state index in [1.54, 1.807) is 11.8 Å². The van der Waals surface area contributed by atoms with Crippen LogP contribution in [-0.4, -0.2) is 35.3 Å². The summed E-state index contributed by atoms with van der Waals surface area (Å²) in [6, 6.07) is 0.125. The summed E-state index contributed by atoms with van der Waals surface area (Å²) in [6.45, 7) is 6.28. The topological polar surface area (TPSA) is 49.4 Å². The molecule has 1 saturated heterocycles. The van der Waals surface area contributed by atoms with E-state index < -0.39 is 0 Å². The minimum absolute atomic E-state index is 0. The molecular formula is C15H30N2O2. The summed E-state index contributed by atoms with van der Waals surface area (Å²) in [7, 11) is 0. The molecule has 0 aromatic heterocycles. The van der Waals surface area contributed by atoms with E-state index in [-0.39, 0.29) is 19.3 Å². The van der Waals surface area contributed by atoms with Crippen molar-refractivity contribution >= 4 is 11.8 Å². The molecule has 0 bridgehead atoms. The number of rotatable bonds is 2. The number of carbonyl (C=O) groups excluding carboxylic acids is 2. The van der Waals surface area contributed by atoms with Gasteiger partial charge >= 0.3 is 0 Å². The second kappa shape index (κ2) is 8.18. The van der Waals surface area contributed by atoms with Gasteiger partial charge in [-0.25, -0.2) is 0 Å². The Morgan fingerprint density at radius 2 is 1.68 bits per heavy atom. The molecule has 1 N–H and O–H groups in total. The van der Waals surface area contributed by atoms with Crippen molar-refractivity contribution in [3.63, 3.8) is 0 Å². The van der Waals surface area contributed by atoms with Crippen molar-refractivity contribution in [2.45, 2.75) is 77.8 Å². The van der Waals surface area contributed by atoms with Crippen LogP contribution >= 0.6 is 0 Å². The Bertz CT molecular complexity index is 304. The molecule has 0 radical (unpaired) electrons. The number of hydrogen-bond donors (Lipinski definition) is 1. The van der Waals surface area contributed by atoms with Crippen molar-refractivity contribution < 1.29 is 11.0 Å². The lowest BCUT2D eigenvalue weighted by Gasteiger charge is -2.27. The molecule has 2 fully saturated rings. The Labute approximate surface area is 118 Å². The summed E-state index contributed by atoms with van der Waals surface area (Å²) < 4.78 is 0. The highest BCUT2D eigenvalue weighted by Crippen LogP contribution is 2.20. The third-order valence-corrected chi connectivity index (χ3v) is 3.91. The zero-order chi connectivity index (χ0) is 14.3. The predicted octanol–water partition coefficient (Wildman–Crippen LogP) is 2.72. The Kier molecular flexibility index (Phi) is 6.89. The van der Waals surface area contributed by atoms with E-state index in [9.17, 15) is 9.59 Å². The van der Waals surface area contributed by atoms with Crippen LogP contribution in [0.1, 0.15) is 67.1 Å². The first-order valence-electron chi connectivity index (χ1n) is 7.76. The number of likely N-dealkylation sites (tertiary alicyclic amines) is 1. The number of nitrogens with zero attached hydrogens (tertiary/aromatic N) is 1. The minimum atomic E-state index is -0.213. The average molecular weight is 270 g/mol. The van der Waals surface area contributed by atoms with Gasteiger partial charge in [0.1, 0.15) is 6.04 Å². The average Bonchev–Trinajstić information content (AvgIpc) is 2.92. The van der Waals surface area contributed by atoms with Crippen molar-refractivity contribution in [2.24, 2.45) is 0 Å². The Hall–Kier alpha value is -1.06. The van der Waals surface area contributed by atoms with E-state index in [4.69, 9.17) is 0 Å². The molecule has 2 aliphatic rings. The van der Waals surface area contributed by atoms with Gasteiger partial charge < -0.3 is 10.2 Å². The molecular weight excluding hydrogens is 240 g/mol. The fourth-order valence-corrected chi connectivity index (χ4v) is 2.96. The smallest absolute Gasteiger partial charge is 0.243 e. The maximum Gasteiger partial charge on any atom is 0.243 e. The van der Waals surface area contributed by atoms with Crippen molar-refractivity contribution in [2.75, 3.05) is 6.54 Å². The molecule has 1 aliphatic heterocycles. The molecule has 1 saturated carbocycles. The lowest BCUT2D eigenvalue weighted by atomic mass is 9.95. The Morgan fingerprint density at radius 1 is 1.05 bits per heavy atom. The normalized spacial score (nSPS) is 23.5. The standard InChI is InChI=1S/C13H22N2O2.C2H6.H2/c1-10(16)15-9-5-8-12(15)13(17)14-11-6-3-2-4-7-11;1-2;/h11-12H,2-9H2,1H3,(H,14,17);1-2H3;1H/t12-;;/m0../s1. The van der Waals surface area contributed by atoms with Crippen molar-refractivity contribution in [3.8, 4) is 0 Å². The zero-order valence-corrected chi connectivity index (χ0v) is 12.6. The fraction of sp³-hybridized carbons (Fsp3) is 0.867. The summed E-state index contributed by atoms with van der Waals surface area (Å²) in [6.07, 6.45) is 7.67. The number of hydrogen-bond acceptors (Lipinski definition) is 2. The van der Waals surface area contributed by atoms with Gasteiger partial charge in [0.25, 0.3) is 0 Å². The summed E-state index contributed by atoms with van der Waals surface area (Å²) in [5.74, 6) is 0.0795. The zero-order valence-electron chi connectivity index (χ0n) is 12.6. The van der Waals surface area contributed by atoms with Gasteiger partial charge in [-0.15, -0.1) is 0 Å². The van der Waals surface area contributed by atoms with Gasteiger partial charge in [0.05, 0.1) is 0 Å². The van der Waals surface area contributed by atoms with Gasteiger partial charge in [-0.3, -0.25) is 9.59 Å². The first-order valence-corrected chi connectivity index (χ1v) is 7.76. The van der Waals surface area contributed by atoms with Crippen LogP contribution in [0.15, 0.2) is 0 Å². The van der Waals surface area contributed by atoms with Gasteiger partial charge in [-0.05, 0) is 25.7 Å². The first kappa shape index (κ1) is 16.0. The third kappa shape index (κ3) is 4.51. The van der Waals surface area contributed by atoms with Crippen LogP contribution in [0.25, 0.3) is 0 Å². The van der Waals surface area contributed by atoms with Gasteiger partial charge in [-0.2, -0.15) is 0 Å². The lowest BCUT2D eigenvalue weighted by molar-refractivity contribution is -0.137. The summed E-state index contributed by atoms with van der Waals surface area (Å²) >= 11 is 0. The van der Waals surface area contributed by atoms with E-state index >= 15 is 0 Å². The number of carbonyl (C=O) groups is 2. The third-order valence-electron chi connectivity index (χ3n) is 3.91. The van der Waals surface area contributed by atoms with Crippen molar-refractivity contribution in [1.82, 2.24) is 10.2 Å². The number of nitrogens with one attached hydrogen (secondary N) is 1. The number of amides is 2. The quantitative estimate of drug-likeness (QED) is 0.838. The molecule has 2 amide bonds. The van der Waals surface area contributed by atoms with E-state index in [1.807, 2.05) is 13.8 Å². The van der Waals surface area contributed by atoms with Crippen LogP contribution in [0.3, 0.4) is 0 Å². The second-order valence-electron chi connectivity index (χ2n) is 5.21. The highest BCUT2D eigenvalue weighted by Gasteiger charge is 2.33. The highest BCUT2D eigenvalue weighted by atomic mass is 16.2. The lowest BCUT2D eigenvalue weighted by Crippen LogP contribution is -2.48. The molecule has 0 aromatic rings. The van der Waals surface area contributed by atoms with Gasteiger partial charge in [0.15, 0.2) is 0 Å². The molecule has 1 heterocycles. The summed E-state index contributed by atoms with van der Waals surface area (Å²) in [4.78, 5) is 25.2. The maximum absolute atomic E-state index is 12.1. The maximum atomic E-state index is 12.1. The van der Waals surface area contributed by atoms with Crippen LogP contribution in [0.5, 0.6) is 0 Å². The van der Waals surface area contributed by atoms with E-state index in [1.165, 1.54) is 19.3 Å². The van der Waals surface area contributed by atoms with Gasteiger partial charge in [0.2, 0.25) is 11.8 Å². The van der Waals surface area contributed by atoms with Crippen LogP contribution in [0.4, 0.5) is 0 Å². The van der Waals surface area contributed by atoms with Crippen molar-refractivity contribution in [3.05, 3.63) is 0 Å². The monoisotopic (exact) mass is 270 g/mol. The molecule has 2 rings (SSSR count). The van der Waals surface area contributed by atoms with E-state index in [2.05, 4.69) is 5.32 Å². The second-order valence-corrected chi connectivity index (χ2v) is 5.21. The van der Waals surface area contributed by atoms with Crippen molar-refractivity contribution in [1.29, 1.82) is 0 Å². The van der Waals surface area contributed by atoms with Crippen LogP contribution in [-0.2, 0) is 9.59 Å². The van der Waals surface area contributed by atoms with E-state index in [0.717, 1.165) is 32.2 Å². The Balaban J connectivity index is 0.00000115. The Morgan fingerprint density at radius 3 is 2.26 bits per heavy atom. The van der Waals surface area contributed by atoms with Gasteiger partial charge in [-0.1, -0.05) is 33.1 Å². The predicted molar refractivity (Wildman–Crippen MR) is 78.9 cm³/mol. The molecule has 4 nitrogen and oxygen atoms in total. The molecule has 0 aromatic carbocycles. The SMILES string of the molecule is CC.CC(=O)N1CCC[C@H]1C(=O)NC1CCCCC1.[HH]. The molecule has 0 unspecified atom stereocenters. The molecule has 1 atom stereocenters. The van der Waals surface area contributed by atoms with Gasteiger partial charge in [0, 0.05) is 20.9 Å². The van der Waals surface area contributed by atoms with E-state index in [0.29, 0.717) is 6.04 Å². The molecule has 0 spiro atoms. The molecule has 19 heavy (non-hydrogen) atoms. The minimum Gasteiger partial charge on any atom is -0.352 e.